The number of nitrogens with one attached hydrogen (secondary N) is 2. The van der Waals surface area contributed by atoms with Crippen LogP contribution in [-0.4, -0.2) is 33.2 Å². The molecule has 0 saturated carbocycles. The first-order valence-electron chi connectivity index (χ1n) is 5.29. The van der Waals surface area contributed by atoms with Crippen LogP contribution >= 0.6 is 0 Å². The van der Waals surface area contributed by atoms with Crippen LogP contribution in [0.5, 0.6) is 0 Å². The van der Waals surface area contributed by atoms with Gasteiger partial charge in [-0.15, -0.1) is 0 Å². The second kappa shape index (κ2) is 2.98. The highest BCUT2D eigenvalue weighted by Gasteiger charge is 2.64. The Morgan fingerprint density at radius 1 is 1.35 bits per heavy atom. The first kappa shape index (κ1) is 10.5. The lowest BCUT2D eigenvalue weighted by Gasteiger charge is -2.30. The SMILES string of the molecule is O=C(O)[C@@H]1C[C@@]2(O)c3ccccc3N[C@@]2(O)N1. The van der Waals surface area contributed by atoms with Gasteiger partial charge in [-0.1, -0.05) is 18.2 Å². The number of hydrogen-bond acceptors (Lipinski definition) is 5. The number of carboxylic acids is 1. The number of aliphatic carboxylic acids is 1. The summed E-state index contributed by atoms with van der Waals surface area (Å²) in [6.45, 7) is 0. The summed E-state index contributed by atoms with van der Waals surface area (Å²) in [6, 6.07) is 5.92. The van der Waals surface area contributed by atoms with E-state index in [1.807, 2.05) is 0 Å². The van der Waals surface area contributed by atoms with E-state index >= 15 is 0 Å². The van der Waals surface area contributed by atoms with Gasteiger partial charge in [-0.05, 0) is 6.07 Å². The average molecular weight is 236 g/mol. The normalized spacial score (nSPS) is 38.4. The summed E-state index contributed by atoms with van der Waals surface area (Å²) < 4.78 is 0. The third-order valence-corrected chi connectivity index (χ3v) is 3.47. The molecule has 0 aromatic heterocycles. The molecule has 2 heterocycles. The van der Waals surface area contributed by atoms with Crippen LogP contribution in [0, 0.1) is 0 Å². The molecule has 0 bridgehead atoms. The van der Waals surface area contributed by atoms with Crippen LogP contribution in [-0.2, 0) is 10.4 Å². The van der Waals surface area contributed by atoms with Crippen LogP contribution < -0.4 is 10.6 Å². The zero-order chi connectivity index (χ0) is 12.3. The second-order valence-electron chi connectivity index (χ2n) is 4.48. The fourth-order valence-corrected chi connectivity index (χ4v) is 2.61. The number of carbonyl (C=O) groups is 1. The number of hydrogen-bond donors (Lipinski definition) is 5. The molecule has 2 aliphatic heterocycles. The van der Waals surface area contributed by atoms with Gasteiger partial charge in [0.25, 0.3) is 0 Å². The van der Waals surface area contributed by atoms with E-state index in [1.165, 1.54) is 0 Å². The van der Waals surface area contributed by atoms with Gasteiger partial charge >= 0.3 is 5.97 Å². The van der Waals surface area contributed by atoms with Crippen molar-refractivity contribution in [3.63, 3.8) is 0 Å². The standard InChI is InChI=1S/C11H12N2O4/c14-9(15)8-5-10(16)6-3-1-2-4-7(6)12-11(10,17)13-8/h1-4,8,12-13,16-17H,5H2,(H,14,15)/t8-,10+,11+/m0/s1. The van der Waals surface area contributed by atoms with Crippen molar-refractivity contribution < 1.29 is 20.1 Å². The van der Waals surface area contributed by atoms with Crippen LogP contribution in [0.3, 0.4) is 0 Å². The predicted molar refractivity (Wildman–Crippen MR) is 58.1 cm³/mol. The molecule has 6 nitrogen and oxygen atoms in total. The molecule has 0 amide bonds. The Balaban J connectivity index is 2.09. The van der Waals surface area contributed by atoms with Gasteiger partial charge in [-0.2, -0.15) is 0 Å². The molecule has 0 spiro atoms. The van der Waals surface area contributed by atoms with Gasteiger partial charge in [-0.3, -0.25) is 10.1 Å². The molecule has 1 fully saturated rings. The Morgan fingerprint density at radius 3 is 2.76 bits per heavy atom. The quantitative estimate of drug-likeness (QED) is 0.446. The van der Waals surface area contributed by atoms with Crippen molar-refractivity contribution in [2.75, 3.05) is 5.32 Å². The fourth-order valence-electron chi connectivity index (χ4n) is 2.61. The van der Waals surface area contributed by atoms with Gasteiger partial charge in [0.1, 0.15) is 6.04 Å². The maximum Gasteiger partial charge on any atom is 0.320 e. The summed E-state index contributed by atoms with van der Waals surface area (Å²) in [6.07, 6.45) is -0.0805. The largest absolute Gasteiger partial charge is 0.480 e. The highest BCUT2D eigenvalue weighted by Crippen LogP contribution is 2.49. The highest BCUT2D eigenvalue weighted by atomic mass is 16.4. The minimum atomic E-state index is -1.82. The van der Waals surface area contributed by atoms with Gasteiger partial charge < -0.3 is 20.6 Å². The predicted octanol–water partition coefficient (Wildman–Crippen LogP) is -0.608. The summed E-state index contributed by atoms with van der Waals surface area (Å²) in [5, 5.41) is 35.0. The summed E-state index contributed by atoms with van der Waals surface area (Å²) in [5.74, 6) is -2.92. The van der Waals surface area contributed by atoms with E-state index in [0.717, 1.165) is 0 Å². The minimum absolute atomic E-state index is 0.0805. The lowest BCUT2D eigenvalue weighted by Crippen LogP contribution is -2.57. The molecule has 1 aromatic rings. The van der Waals surface area contributed by atoms with Crippen molar-refractivity contribution in [3.05, 3.63) is 29.8 Å². The van der Waals surface area contributed by atoms with E-state index in [-0.39, 0.29) is 6.42 Å². The Morgan fingerprint density at radius 2 is 2.06 bits per heavy atom. The molecule has 1 saturated heterocycles. The van der Waals surface area contributed by atoms with Crippen molar-refractivity contribution in [2.24, 2.45) is 0 Å². The summed E-state index contributed by atoms with van der Waals surface area (Å²) >= 11 is 0. The highest BCUT2D eigenvalue weighted by molar-refractivity contribution is 5.76. The Kier molecular flexibility index (Phi) is 1.84. The molecule has 1 aromatic carbocycles. The van der Waals surface area contributed by atoms with Gasteiger partial charge in [0.2, 0.25) is 5.85 Å². The van der Waals surface area contributed by atoms with E-state index in [0.29, 0.717) is 11.3 Å². The number of carboxylic acid groups (broad SMARTS) is 1. The number of rotatable bonds is 1. The molecule has 0 aliphatic carbocycles. The number of fused-ring (bicyclic) bond motifs is 3. The first-order valence-corrected chi connectivity index (χ1v) is 5.29. The average Bonchev–Trinajstić information content (AvgIpc) is 2.63. The first-order chi connectivity index (χ1) is 7.96. The van der Waals surface area contributed by atoms with Gasteiger partial charge in [0, 0.05) is 17.7 Å². The lowest BCUT2D eigenvalue weighted by molar-refractivity contribution is -0.139. The van der Waals surface area contributed by atoms with Gasteiger partial charge in [0.15, 0.2) is 5.60 Å². The van der Waals surface area contributed by atoms with Crippen LogP contribution in [0.2, 0.25) is 0 Å². The third-order valence-electron chi connectivity index (χ3n) is 3.47. The number of anilines is 1. The topological polar surface area (TPSA) is 102 Å². The molecule has 0 unspecified atom stereocenters. The second-order valence-corrected chi connectivity index (χ2v) is 4.48. The summed E-state index contributed by atoms with van der Waals surface area (Å²) in [5.41, 5.74) is -0.500. The smallest absolute Gasteiger partial charge is 0.320 e. The van der Waals surface area contributed by atoms with Crippen LogP contribution in [0.1, 0.15) is 12.0 Å². The van der Waals surface area contributed by atoms with E-state index in [4.69, 9.17) is 5.11 Å². The molecular weight excluding hydrogens is 224 g/mol. The van der Waals surface area contributed by atoms with E-state index in [1.54, 1.807) is 24.3 Å². The van der Waals surface area contributed by atoms with Crippen molar-refractivity contribution in [2.45, 2.75) is 23.9 Å². The van der Waals surface area contributed by atoms with Crippen LogP contribution in [0.15, 0.2) is 24.3 Å². The van der Waals surface area contributed by atoms with Crippen LogP contribution in [0.4, 0.5) is 5.69 Å². The number of benzene rings is 1. The molecule has 17 heavy (non-hydrogen) atoms. The Bertz CT molecular complexity index is 506. The van der Waals surface area contributed by atoms with E-state index < -0.39 is 23.5 Å². The molecule has 2 aliphatic rings. The molecule has 90 valence electrons. The molecule has 3 rings (SSSR count). The molecule has 3 atom stereocenters. The zero-order valence-electron chi connectivity index (χ0n) is 8.84. The molecule has 0 radical (unpaired) electrons. The summed E-state index contributed by atoms with van der Waals surface area (Å²) in [4.78, 5) is 10.9. The molecular formula is C11H12N2O4. The van der Waals surface area contributed by atoms with Crippen molar-refractivity contribution in [1.82, 2.24) is 5.32 Å². The van der Waals surface area contributed by atoms with Gasteiger partial charge in [0.05, 0.1) is 0 Å². The maximum atomic E-state index is 10.9. The molecule has 5 N–H and O–H groups in total. The fraction of sp³-hybridized carbons (Fsp3) is 0.364. The molecule has 6 heteroatoms. The number of para-hydroxylation sites is 1. The maximum absolute atomic E-state index is 10.9. The van der Waals surface area contributed by atoms with Crippen molar-refractivity contribution in [1.29, 1.82) is 0 Å². The number of aliphatic hydroxyl groups is 2. The van der Waals surface area contributed by atoms with Gasteiger partial charge in [-0.25, -0.2) is 0 Å². The Hall–Kier alpha value is -1.63. The monoisotopic (exact) mass is 236 g/mol. The van der Waals surface area contributed by atoms with Crippen LogP contribution in [0.25, 0.3) is 0 Å². The van der Waals surface area contributed by atoms with Crippen molar-refractivity contribution >= 4 is 11.7 Å². The third kappa shape index (κ3) is 1.17. The minimum Gasteiger partial charge on any atom is -0.480 e. The lowest BCUT2D eigenvalue weighted by atomic mass is 9.89. The zero-order valence-corrected chi connectivity index (χ0v) is 8.84. The Labute approximate surface area is 96.9 Å². The van der Waals surface area contributed by atoms with E-state index in [9.17, 15) is 15.0 Å². The summed E-state index contributed by atoms with van der Waals surface area (Å²) in [7, 11) is 0. The van der Waals surface area contributed by atoms with Crippen molar-refractivity contribution in [3.8, 4) is 0 Å². The van der Waals surface area contributed by atoms with E-state index in [2.05, 4.69) is 10.6 Å².